The Bertz CT molecular complexity index is 1240. The van der Waals surface area contributed by atoms with Gasteiger partial charge in [-0.25, -0.2) is 0 Å². The van der Waals surface area contributed by atoms with Crippen LogP contribution in [0.4, 0.5) is 5.69 Å². The molecule has 3 rings (SSSR count). The Morgan fingerprint density at radius 1 is 1.18 bits per heavy atom. The second kappa shape index (κ2) is 13.4. The molecule has 1 unspecified atom stereocenters. The van der Waals surface area contributed by atoms with Gasteiger partial charge in [-0.2, -0.15) is 0 Å². The minimum absolute atomic E-state index is 0.0772. The number of nitrogens with one attached hydrogen (secondary N) is 4. The topological polar surface area (TPSA) is 182 Å². The average molecular weight is 657 g/mol. The lowest BCUT2D eigenvalue weighted by Gasteiger charge is -2.21. The summed E-state index contributed by atoms with van der Waals surface area (Å²) in [6, 6.07) is 6.33. The van der Waals surface area contributed by atoms with Gasteiger partial charge < -0.3 is 41.3 Å². The Kier molecular flexibility index (Phi) is 10.3. The van der Waals surface area contributed by atoms with Gasteiger partial charge in [-0.1, -0.05) is 15.9 Å². The molecular weight excluding hydrogens is 630 g/mol. The maximum absolute atomic E-state index is 12.7. The van der Waals surface area contributed by atoms with Crippen molar-refractivity contribution in [1.29, 1.82) is 0 Å². The van der Waals surface area contributed by atoms with Gasteiger partial charge in [-0.05, 0) is 47.1 Å². The molecule has 1 heterocycles. The van der Waals surface area contributed by atoms with Gasteiger partial charge in [0.05, 0.1) is 42.7 Å². The highest BCUT2D eigenvalue weighted by Crippen LogP contribution is 2.36. The smallest absolute Gasteiger partial charge is 0.308 e. The molecule has 38 heavy (non-hydrogen) atoms. The molecule has 0 aromatic heterocycles. The van der Waals surface area contributed by atoms with E-state index < -0.39 is 36.5 Å². The van der Waals surface area contributed by atoms with Crippen LogP contribution in [-0.4, -0.2) is 71.4 Å². The number of amides is 2. The third-order valence-electron chi connectivity index (χ3n) is 5.26. The van der Waals surface area contributed by atoms with Crippen molar-refractivity contribution >= 4 is 61.3 Å². The number of rotatable bonds is 9. The second-order valence-electron chi connectivity index (χ2n) is 8.25. The zero-order valence-corrected chi connectivity index (χ0v) is 23.4. The van der Waals surface area contributed by atoms with Gasteiger partial charge in [0, 0.05) is 33.9 Å². The first kappa shape index (κ1) is 29.2. The van der Waals surface area contributed by atoms with E-state index in [1.54, 1.807) is 19.1 Å². The fourth-order valence-electron chi connectivity index (χ4n) is 3.55. The molecule has 12 nitrogen and oxygen atoms in total. The molecule has 0 saturated carbocycles. The number of anilines is 1. The maximum Gasteiger partial charge on any atom is 0.308 e. The SMILES string of the molecule is CCOC(=O)C[C@H](NC(=O)CNC(=O)c1cc(O)cc(NC2=NCC(O)CN2)c1)c1cc(Br)cc(Br)c1O. The number of phenols is 2. The summed E-state index contributed by atoms with van der Waals surface area (Å²) < 4.78 is 5.96. The molecule has 1 aliphatic heterocycles. The van der Waals surface area contributed by atoms with Gasteiger partial charge in [0.2, 0.25) is 5.91 Å². The van der Waals surface area contributed by atoms with Gasteiger partial charge in [-0.3, -0.25) is 19.4 Å². The number of nitrogens with zero attached hydrogens (tertiary/aromatic N) is 1. The van der Waals surface area contributed by atoms with Crippen molar-refractivity contribution in [3.05, 3.63) is 50.4 Å². The summed E-state index contributed by atoms with van der Waals surface area (Å²) in [5, 5.41) is 41.0. The first-order chi connectivity index (χ1) is 18.0. The molecule has 0 radical (unpaired) electrons. The van der Waals surface area contributed by atoms with Crippen molar-refractivity contribution in [1.82, 2.24) is 16.0 Å². The number of aliphatic imine (C=N–C) groups is 1. The number of ether oxygens (including phenoxy) is 1. The highest BCUT2D eigenvalue weighted by molar-refractivity contribution is 9.11. The quantitative estimate of drug-likeness (QED) is 0.198. The van der Waals surface area contributed by atoms with Gasteiger partial charge in [0.15, 0.2) is 5.96 Å². The monoisotopic (exact) mass is 655 g/mol. The first-order valence-corrected chi connectivity index (χ1v) is 13.1. The fourth-order valence-corrected chi connectivity index (χ4v) is 4.81. The summed E-state index contributed by atoms with van der Waals surface area (Å²) in [5.74, 6) is -1.81. The standard InChI is InChI=1S/C24H27Br2N5O7/c1-2-38-21(35)8-19(17-5-13(25)6-18(26)22(17)36)31-20(34)11-27-23(37)12-3-14(7-15(32)4-12)30-24-28-9-16(33)10-29-24/h3-7,16,19,32-33,36H,2,8-11H2,1H3,(H,27,37)(H,31,34)(H2,28,29,30)/t19-/m0/s1. The normalized spacial score (nSPS) is 15.5. The number of aromatic hydroxyl groups is 2. The van der Waals surface area contributed by atoms with Crippen LogP contribution in [0.25, 0.3) is 0 Å². The summed E-state index contributed by atoms with van der Waals surface area (Å²) in [4.78, 5) is 41.7. The molecule has 2 aromatic rings. The number of hydrogen-bond acceptors (Lipinski definition) is 10. The molecule has 2 amide bonds. The van der Waals surface area contributed by atoms with Crippen LogP contribution in [-0.2, 0) is 14.3 Å². The first-order valence-electron chi connectivity index (χ1n) is 11.5. The van der Waals surface area contributed by atoms with E-state index in [-0.39, 0.29) is 42.2 Å². The number of aliphatic hydroxyl groups is 1. The molecule has 1 aliphatic rings. The molecule has 14 heteroatoms. The molecular formula is C24H27Br2N5O7. The number of aliphatic hydroxyl groups excluding tert-OH is 1. The fraction of sp³-hybridized carbons (Fsp3) is 0.333. The van der Waals surface area contributed by atoms with Crippen LogP contribution in [0.3, 0.4) is 0 Å². The van der Waals surface area contributed by atoms with E-state index in [2.05, 4.69) is 58.1 Å². The summed E-state index contributed by atoms with van der Waals surface area (Å²) in [5.41, 5.74) is 0.718. The molecule has 0 spiro atoms. The molecule has 204 valence electrons. The van der Waals surface area contributed by atoms with Crippen molar-refractivity contribution in [2.24, 2.45) is 4.99 Å². The van der Waals surface area contributed by atoms with E-state index in [0.29, 0.717) is 27.1 Å². The number of esters is 1. The number of halogens is 2. The lowest BCUT2D eigenvalue weighted by atomic mass is 10.0. The van der Waals surface area contributed by atoms with E-state index in [0.717, 1.165) is 0 Å². The van der Waals surface area contributed by atoms with Crippen molar-refractivity contribution in [3.63, 3.8) is 0 Å². The Balaban J connectivity index is 1.67. The van der Waals surface area contributed by atoms with Crippen molar-refractivity contribution < 1.29 is 34.4 Å². The van der Waals surface area contributed by atoms with E-state index >= 15 is 0 Å². The molecule has 0 fully saturated rings. The summed E-state index contributed by atoms with van der Waals surface area (Å²) in [6.45, 7) is 1.87. The molecule has 7 N–H and O–H groups in total. The van der Waals surface area contributed by atoms with E-state index in [9.17, 15) is 29.7 Å². The molecule has 0 aliphatic carbocycles. The number of benzene rings is 2. The number of carbonyl (C=O) groups is 3. The van der Waals surface area contributed by atoms with E-state index in [4.69, 9.17) is 4.74 Å². The van der Waals surface area contributed by atoms with Crippen molar-refractivity contribution in [2.45, 2.75) is 25.5 Å². The molecule has 2 aromatic carbocycles. The molecule has 0 saturated heterocycles. The van der Waals surface area contributed by atoms with Gasteiger partial charge in [0.25, 0.3) is 5.91 Å². The largest absolute Gasteiger partial charge is 0.508 e. The Labute approximate surface area is 235 Å². The van der Waals surface area contributed by atoms with Crippen LogP contribution in [0, 0.1) is 0 Å². The van der Waals surface area contributed by atoms with Gasteiger partial charge in [-0.15, -0.1) is 0 Å². The minimum Gasteiger partial charge on any atom is -0.508 e. The Morgan fingerprint density at radius 3 is 2.63 bits per heavy atom. The van der Waals surface area contributed by atoms with Crippen LogP contribution >= 0.6 is 31.9 Å². The lowest BCUT2D eigenvalue weighted by molar-refractivity contribution is -0.143. The average Bonchev–Trinajstić information content (AvgIpc) is 2.85. The van der Waals surface area contributed by atoms with Crippen molar-refractivity contribution in [3.8, 4) is 11.5 Å². The van der Waals surface area contributed by atoms with Crippen molar-refractivity contribution in [2.75, 3.05) is 31.6 Å². The Hall–Kier alpha value is -3.36. The van der Waals surface area contributed by atoms with Crippen LogP contribution in [0.1, 0.15) is 35.3 Å². The van der Waals surface area contributed by atoms with Crippen LogP contribution in [0.2, 0.25) is 0 Å². The minimum atomic E-state index is -0.939. The number of hydrogen-bond donors (Lipinski definition) is 7. The Morgan fingerprint density at radius 2 is 1.95 bits per heavy atom. The number of guanidine groups is 1. The summed E-state index contributed by atoms with van der Waals surface area (Å²) >= 11 is 6.56. The molecule has 0 bridgehead atoms. The van der Waals surface area contributed by atoms with Gasteiger partial charge >= 0.3 is 5.97 Å². The third kappa shape index (κ3) is 8.33. The number of carbonyl (C=O) groups excluding carboxylic acids is 3. The summed E-state index contributed by atoms with van der Waals surface area (Å²) in [7, 11) is 0. The second-order valence-corrected chi connectivity index (χ2v) is 10.0. The zero-order valence-electron chi connectivity index (χ0n) is 20.3. The van der Waals surface area contributed by atoms with Crippen LogP contribution in [0.5, 0.6) is 11.5 Å². The van der Waals surface area contributed by atoms with E-state index in [1.165, 1.54) is 18.2 Å². The lowest BCUT2D eigenvalue weighted by Crippen LogP contribution is -2.42. The van der Waals surface area contributed by atoms with Crippen LogP contribution < -0.4 is 21.3 Å². The summed E-state index contributed by atoms with van der Waals surface area (Å²) in [6.07, 6.45) is -0.844. The third-order valence-corrected chi connectivity index (χ3v) is 6.32. The zero-order chi connectivity index (χ0) is 27.8. The van der Waals surface area contributed by atoms with Gasteiger partial charge in [0.1, 0.15) is 11.5 Å². The number of β-amino-alcohol motifs (C(OH)–C–C–N with tert-alkyl or cyclic N) is 1. The highest BCUT2D eigenvalue weighted by Gasteiger charge is 2.24. The predicted molar refractivity (Wildman–Crippen MR) is 146 cm³/mol. The molecule has 2 atom stereocenters. The maximum atomic E-state index is 12.7. The van der Waals surface area contributed by atoms with Crippen LogP contribution in [0.15, 0.2) is 44.3 Å². The van der Waals surface area contributed by atoms with E-state index in [1.807, 2.05) is 0 Å². The predicted octanol–water partition coefficient (Wildman–Crippen LogP) is 1.90. The highest BCUT2D eigenvalue weighted by atomic mass is 79.9. The number of phenolic OH excluding ortho intramolecular Hbond substituents is 2.